The zero-order valence-corrected chi connectivity index (χ0v) is 16.0. The molecule has 7 nitrogen and oxygen atoms in total. The molecule has 1 atom stereocenters. The molecule has 0 aliphatic carbocycles. The number of ketones is 1. The predicted molar refractivity (Wildman–Crippen MR) is 98.2 cm³/mol. The van der Waals surface area contributed by atoms with Crippen molar-refractivity contribution in [2.75, 3.05) is 13.1 Å². The first-order chi connectivity index (χ1) is 12.4. The average molecular weight is 357 g/mol. The fourth-order valence-electron chi connectivity index (χ4n) is 3.95. The number of hydrogen-bond acceptors (Lipinski definition) is 4. The van der Waals surface area contributed by atoms with Gasteiger partial charge < -0.3 is 9.47 Å². The van der Waals surface area contributed by atoms with E-state index in [1.54, 1.807) is 4.68 Å². The Morgan fingerprint density at radius 2 is 2.08 bits per heavy atom. The largest absolute Gasteiger partial charge is 0.340 e. The fourth-order valence-corrected chi connectivity index (χ4v) is 3.95. The van der Waals surface area contributed by atoms with Crippen LogP contribution in [0.2, 0.25) is 0 Å². The molecular formula is C19H27N5O2. The van der Waals surface area contributed by atoms with Crippen molar-refractivity contribution in [1.82, 2.24) is 24.2 Å². The van der Waals surface area contributed by atoms with Crippen LogP contribution in [0.15, 0.2) is 12.4 Å². The van der Waals surface area contributed by atoms with Crippen molar-refractivity contribution in [2.24, 2.45) is 0 Å². The Hall–Kier alpha value is -2.44. The highest BCUT2D eigenvalue weighted by Gasteiger charge is 2.28. The van der Waals surface area contributed by atoms with Crippen LogP contribution in [0.5, 0.6) is 0 Å². The van der Waals surface area contributed by atoms with Crippen LogP contribution in [0.4, 0.5) is 0 Å². The van der Waals surface area contributed by atoms with Crippen molar-refractivity contribution in [3.8, 4) is 0 Å². The molecule has 7 heteroatoms. The highest BCUT2D eigenvalue weighted by Crippen LogP contribution is 2.26. The van der Waals surface area contributed by atoms with Gasteiger partial charge >= 0.3 is 0 Å². The number of Topliss-reactive ketones (excluding diaryl/α,β-unsaturated/α-hetero) is 1. The summed E-state index contributed by atoms with van der Waals surface area (Å²) in [6, 6.07) is 0. The zero-order chi connectivity index (χ0) is 18.8. The lowest BCUT2D eigenvalue weighted by Gasteiger charge is -2.32. The van der Waals surface area contributed by atoms with E-state index in [1.807, 2.05) is 31.1 Å². The van der Waals surface area contributed by atoms with Gasteiger partial charge in [-0.3, -0.25) is 14.3 Å². The monoisotopic (exact) mass is 357 g/mol. The van der Waals surface area contributed by atoms with E-state index in [9.17, 15) is 9.59 Å². The highest BCUT2D eigenvalue weighted by atomic mass is 16.2. The average Bonchev–Trinajstić information content (AvgIpc) is 3.19. The van der Waals surface area contributed by atoms with Gasteiger partial charge in [-0.25, -0.2) is 4.98 Å². The second-order valence-corrected chi connectivity index (χ2v) is 7.01. The standard InChI is InChI=1S/C19H27N5O2/c1-5-22-10-8-20-19(22)16-7-6-9-23(11-16)17(26)12-24-14(3)18(15(4)25)13(2)21-24/h8,10,16H,5-7,9,11-12H2,1-4H3/t16-/m1/s1. The first-order valence-electron chi connectivity index (χ1n) is 9.26. The van der Waals surface area contributed by atoms with E-state index >= 15 is 0 Å². The fraction of sp³-hybridized carbons (Fsp3) is 0.579. The molecule has 26 heavy (non-hydrogen) atoms. The number of carbonyl (C=O) groups is 2. The normalized spacial score (nSPS) is 17.5. The smallest absolute Gasteiger partial charge is 0.244 e. The molecule has 1 aliphatic rings. The van der Waals surface area contributed by atoms with Crippen LogP contribution < -0.4 is 0 Å². The van der Waals surface area contributed by atoms with Crippen molar-refractivity contribution in [3.63, 3.8) is 0 Å². The second kappa shape index (κ2) is 7.43. The van der Waals surface area contributed by atoms with Crippen LogP contribution in [-0.2, 0) is 17.9 Å². The number of imidazole rings is 1. The quantitative estimate of drug-likeness (QED) is 0.770. The summed E-state index contributed by atoms with van der Waals surface area (Å²) >= 11 is 0. The minimum Gasteiger partial charge on any atom is -0.340 e. The Bertz CT molecular complexity index is 820. The maximum absolute atomic E-state index is 12.8. The van der Waals surface area contributed by atoms with E-state index in [4.69, 9.17) is 0 Å². The molecule has 3 heterocycles. The predicted octanol–water partition coefficient (Wildman–Crippen LogP) is 2.33. The van der Waals surface area contributed by atoms with E-state index in [0.717, 1.165) is 37.4 Å². The summed E-state index contributed by atoms with van der Waals surface area (Å²) < 4.78 is 3.81. The number of carbonyl (C=O) groups excluding carboxylic acids is 2. The van der Waals surface area contributed by atoms with Gasteiger partial charge in [-0.05, 0) is 40.5 Å². The van der Waals surface area contributed by atoms with Crippen LogP contribution >= 0.6 is 0 Å². The Morgan fingerprint density at radius 1 is 1.31 bits per heavy atom. The Labute approximate surface area is 154 Å². The molecule has 0 spiro atoms. The molecule has 0 unspecified atom stereocenters. The molecule has 0 N–H and O–H groups in total. The maximum Gasteiger partial charge on any atom is 0.244 e. The van der Waals surface area contributed by atoms with E-state index in [2.05, 4.69) is 21.6 Å². The summed E-state index contributed by atoms with van der Waals surface area (Å²) in [6.07, 6.45) is 5.85. The van der Waals surface area contributed by atoms with Crippen molar-refractivity contribution in [1.29, 1.82) is 0 Å². The van der Waals surface area contributed by atoms with Crippen molar-refractivity contribution < 1.29 is 9.59 Å². The minimum absolute atomic E-state index is 0.0110. The third-order valence-corrected chi connectivity index (χ3v) is 5.25. The van der Waals surface area contributed by atoms with Crippen LogP contribution in [0, 0.1) is 13.8 Å². The number of aromatic nitrogens is 4. The summed E-state index contributed by atoms with van der Waals surface area (Å²) in [5.74, 6) is 1.37. The molecule has 0 bridgehead atoms. The molecule has 3 rings (SSSR count). The number of likely N-dealkylation sites (tertiary alicyclic amines) is 1. The molecule has 0 saturated carbocycles. The number of amides is 1. The van der Waals surface area contributed by atoms with Crippen LogP contribution in [-0.4, -0.2) is 49.0 Å². The Balaban J connectivity index is 1.72. The third-order valence-electron chi connectivity index (χ3n) is 5.25. The second-order valence-electron chi connectivity index (χ2n) is 7.01. The van der Waals surface area contributed by atoms with Gasteiger partial charge in [-0.2, -0.15) is 5.10 Å². The summed E-state index contributed by atoms with van der Waals surface area (Å²) in [5, 5.41) is 4.39. The van der Waals surface area contributed by atoms with Crippen molar-refractivity contribution >= 4 is 11.7 Å². The van der Waals surface area contributed by atoms with Crippen molar-refractivity contribution in [2.45, 2.75) is 59.5 Å². The molecule has 0 radical (unpaired) electrons. The molecular weight excluding hydrogens is 330 g/mol. The lowest BCUT2D eigenvalue weighted by atomic mass is 9.97. The van der Waals surface area contributed by atoms with E-state index in [0.29, 0.717) is 17.8 Å². The molecule has 2 aromatic heterocycles. The Morgan fingerprint density at radius 3 is 2.73 bits per heavy atom. The van der Waals surface area contributed by atoms with Gasteiger partial charge in [0.15, 0.2) is 5.78 Å². The summed E-state index contributed by atoms with van der Waals surface area (Å²) in [6.45, 7) is 9.82. The van der Waals surface area contributed by atoms with Gasteiger partial charge in [0.25, 0.3) is 0 Å². The van der Waals surface area contributed by atoms with Gasteiger partial charge in [0.1, 0.15) is 12.4 Å². The lowest BCUT2D eigenvalue weighted by molar-refractivity contribution is -0.133. The molecule has 1 fully saturated rings. The van der Waals surface area contributed by atoms with E-state index < -0.39 is 0 Å². The van der Waals surface area contributed by atoms with Gasteiger partial charge in [0, 0.05) is 43.6 Å². The first-order valence-corrected chi connectivity index (χ1v) is 9.26. The van der Waals surface area contributed by atoms with Crippen LogP contribution in [0.1, 0.15) is 60.2 Å². The molecule has 2 aromatic rings. The number of aryl methyl sites for hydroxylation is 2. The minimum atomic E-state index is -0.0110. The van der Waals surface area contributed by atoms with Gasteiger partial charge in [-0.15, -0.1) is 0 Å². The van der Waals surface area contributed by atoms with Gasteiger partial charge in [0.2, 0.25) is 5.91 Å². The van der Waals surface area contributed by atoms with Gasteiger partial charge in [-0.1, -0.05) is 0 Å². The number of piperidine rings is 1. The highest BCUT2D eigenvalue weighted by molar-refractivity contribution is 5.96. The van der Waals surface area contributed by atoms with Crippen LogP contribution in [0.25, 0.3) is 0 Å². The number of rotatable bonds is 5. The number of nitrogens with zero attached hydrogens (tertiary/aromatic N) is 5. The number of hydrogen-bond donors (Lipinski definition) is 0. The van der Waals surface area contributed by atoms with Crippen molar-refractivity contribution in [3.05, 3.63) is 35.2 Å². The molecule has 140 valence electrons. The van der Waals surface area contributed by atoms with E-state index in [-0.39, 0.29) is 24.2 Å². The zero-order valence-electron chi connectivity index (χ0n) is 16.0. The Kier molecular flexibility index (Phi) is 5.25. The SMILES string of the molecule is CCn1ccnc1[C@@H]1CCCN(C(=O)Cn2nc(C)c(C(C)=O)c2C)C1. The lowest BCUT2D eigenvalue weighted by Crippen LogP contribution is -2.41. The molecule has 1 aliphatic heterocycles. The topological polar surface area (TPSA) is 73.0 Å². The maximum atomic E-state index is 12.8. The molecule has 1 saturated heterocycles. The first kappa shape index (κ1) is 18.4. The molecule has 0 aromatic carbocycles. The van der Waals surface area contributed by atoms with E-state index in [1.165, 1.54) is 6.92 Å². The summed E-state index contributed by atoms with van der Waals surface area (Å²) in [5.41, 5.74) is 2.07. The summed E-state index contributed by atoms with van der Waals surface area (Å²) in [7, 11) is 0. The third kappa shape index (κ3) is 3.43. The summed E-state index contributed by atoms with van der Waals surface area (Å²) in [4.78, 5) is 31.0. The van der Waals surface area contributed by atoms with Gasteiger partial charge in [0.05, 0.1) is 11.3 Å². The van der Waals surface area contributed by atoms with Crippen LogP contribution in [0.3, 0.4) is 0 Å². The molecule has 1 amide bonds.